The Morgan fingerprint density at radius 3 is 1.38 bits per heavy atom. The third-order valence-electron chi connectivity index (χ3n) is 7.05. The summed E-state index contributed by atoms with van der Waals surface area (Å²) in [5.74, 6) is -4.25. The van der Waals surface area contributed by atoms with E-state index in [0.717, 1.165) is 43.5 Å². The first-order chi connectivity index (χ1) is 27.0. The summed E-state index contributed by atoms with van der Waals surface area (Å²) in [4.78, 5) is 19.6. The zero-order valence-electron chi connectivity index (χ0n) is 31.8. The second kappa shape index (κ2) is 30.2. The predicted octanol–water partition coefficient (Wildman–Crippen LogP) is 15.4. The van der Waals surface area contributed by atoms with Crippen LogP contribution < -0.4 is 0 Å². The molecule has 0 fully saturated rings. The molecule has 0 bridgehead atoms. The quantitative estimate of drug-likeness (QED) is 0.0396. The summed E-state index contributed by atoms with van der Waals surface area (Å²) in [6.07, 6.45) is 5.85. The molecule has 0 spiro atoms. The van der Waals surface area contributed by atoms with Crippen LogP contribution >= 0.6 is 95.6 Å². The van der Waals surface area contributed by atoms with Crippen molar-refractivity contribution in [2.24, 2.45) is 0 Å². The van der Waals surface area contributed by atoms with Crippen LogP contribution in [0.15, 0.2) is 82.0 Å². The van der Waals surface area contributed by atoms with Crippen molar-refractivity contribution in [3.63, 3.8) is 0 Å². The minimum atomic E-state index is -1.37. The Balaban J connectivity index is -0.000000234. The Morgan fingerprint density at radius 1 is 0.690 bits per heavy atom. The Labute approximate surface area is 390 Å². The van der Waals surface area contributed by atoms with Gasteiger partial charge in [0.05, 0.1) is 0 Å². The summed E-state index contributed by atoms with van der Waals surface area (Å²) in [6, 6.07) is 3.15. The van der Waals surface area contributed by atoms with Gasteiger partial charge < -0.3 is 15.3 Å². The molecule has 0 saturated heterocycles. The third kappa shape index (κ3) is 18.4. The Hall–Kier alpha value is -1.88. The van der Waals surface area contributed by atoms with Gasteiger partial charge >= 0.3 is 0 Å². The molecule has 3 atom stereocenters. The molecule has 0 heterocycles. The molecule has 3 N–H and O–H groups in total. The lowest BCUT2D eigenvalue weighted by Gasteiger charge is -2.20. The largest absolute Gasteiger partial charge is 0.384 e. The van der Waals surface area contributed by atoms with E-state index in [4.69, 9.17) is 0 Å². The minimum Gasteiger partial charge on any atom is -0.384 e. The number of Topliss-reactive ketones (excluding diaryl/α,β-unsaturated/α-hetero) is 1. The van der Waals surface area contributed by atoms with Crippen LogP contribution in [0.2, 0.25) is 0 Å². The van der Waals surface area contributed by atoms with Gasteiger partial charge in [-0.25, -0.2) is 26.3 Å². The van der Waals surface area contributed by atoms with Gasteiger partial charge in [-0.1, -0.05) is 52.8 Å². The molecule has 0 saturated carbocycles. The van der Waals surface area contributed by atoms with Crippen molar-refractivity contribution in [1.29, 1.82) is 0 Å². The zero-order chi connectivity index (χ0) is 45.6. The van der Waals surface area contributed by atoms with Crippen molar-refractivity contribution in [2.45, 2.75) is 84.5 Å². The molecular weight excluding hydrogens is 1170 g/mol. The number of benzene rings is 3. The van der Waals surface area contributed by atoms with E-state index in [0.29, 0.717) is 54.6 Å². The highest BCUT2D eigenvalue weighted by Gasteiger charge is 2.29. The molecule has 0 radical (unpaired) electrons. The van der Waals surface area contributed by atoms with Crippen LogP contribution in [0.25, 0.3) is 0 Å². The zero-order valence-corrected chi connectivity index (χ0v) is 41.3. The number of hydrogen-bond acceptors (Lipinski definition) is 5. The van der Waals surface area contributed by atoms with Gasteiger partial charge in [0.15, 0.2) is 47.0 Å². The van der Waals surface area contributed by atoms with Crippen LogP contribution in [0.4, 0.5) is 26.3 Å². The van der Waals surface area contributed by atoms with Gasteiger partial charge in [0, 0.05) is 54.2 Å². The maximum absolute atomic E-state index is 14.3. The summed E-state index contributed by atoms with van der Waals surface area (Å²) in [5, 5.41) is 29.9. The molecule has 58 heavy (non-hydrogen) atoms. The molecule has 0 aromatic heterocycles. The fourth-order valence-corrected chi connectivity index (χ4v) is 7.02. The van der Waals surface area contributed by atoms with Crippen molar-refractivity contribution in [3.8, 4) is 12.3 Å². The Kier molecular flexibility index (Phi) is 30.3. The number of terminal acetylenes is 1. The monoisotopic (exact) mass is 1210 g/mol. The maximum atomic E-state index is 14.3. The smallest absolute Gasteiger partial charge is 0.195 e. The number of carbonyl (C=O) groups excluding carboxylic acids is 2. The first-order valence-electron chi connectivity index (χ1n) is 16.9. The van der Waals surface area contributed by atoms with Crippen LogP contribution in [0, 0.1) is 47.2 Å². The van der Waals surface area contributed by atoms with Crippen molar-refractivity contribution < 1.29 is 55.5 Å². The van der Waals surface area contributed by atoms with Crippen LogP contribution in [-0.4, -0.2) is 27.4 Å². The fourth-order valence-electron chi connectivity index (χ4n) is 4.24. The van der Waals surface area contributed by atoms with Gasteiger partial charge in [-0.2, -0.15) is 0 Å². The number of rotatable bonds is 13. The number of halogens is 12. The summed E-state index contributed by atoms with van der Waals surface area (Å²) in [6.45, 7) is 18.1. The molecule has 3 rings (SSSR count). The van der Waals surface area contributed by atoms with Gasteiger partial charge in [0.1, 0.15) is 18.3 Å². The molecule has 3 unspecified atom stereocenters. The van der Waals surface area contributed by atoms with E-state index in [2.05, 4.69) is 128 Å². The Bertz CT molecular complexity index is 1850. The minimum absolute atomic E-state index is 0. The van der Waals surface area contributed by atoms with E-state index in [1.165, 1.54) is 0 Å². The number of ketones is 1. The van der Waals surface area contributed by atoms with E-state index in [1.54, 1.807) is 6.92 Å². The molecule has 0 aliphatic rings. The summed E-state index contributed by atoms with van der Waals surface area (Å²) in [5.41, 5.74) is 0.226. The predicted molar refractivity (Wildman–Crippen MR) is 245 cm³/mol. The molecule has 3 aromatic carbocycles. The second-order valence-electron chi connectivity index (χ2n) is 11.6. The van der Waals surface area contributed by atoms with Crippen molar-refractivity contribution >= 4 is 108 Å². The van der Waals surface area contributed by atoms with E-state index >= 15 is 0 Å². The molecule has 5 nitrogen and oxygen atoms in total. The number of aliphatic hydroxyl groups is 3. The van der Waals surface area contributed by atoms with Gasteiger partial charge in [-0.3, -0.25) is 9.59 Å². The fraction of sp³-hybridized carbons (Fsp3) is 0.317. The number of carbonyl (C=O) groups is 2. The number of hydrogen-bond donors (Lipinski definition) is 3. The topological polar surface area (TPSA) is 94.8 Å². The molecule has 3 aromatic rings. The van der Waals surface area contributed by atoms with Crippen LogP contribution in [-0.2, 0) is 9.59 Å². The van der Waals surface area contributed by atoms with Crippen LogP contribution in [0.5, 0.6) is 0 Å². The van der Waals surface area contributed by atoms with E-state index in [-0.39, 0.29) is 35.7 Å². The highest BCUT2D eigenvalue weighted by atomic mass is 79.9. The van der Waals surface area contributed by atoms with Gasteiger partial charge in [0.2, 0.25) is 0 Å². The SMILES string of the molecule is C#CC.C=C(CCC)C(O)c1c(F)c(F)cc(Br)c1Br.C=CC(O)c1c(F)c(F)c(C(O)C(=C)CCC)c(Br)c1Br.CCCC(=O)C=O.Fc1cc(Br)c(Br)cc1F.[HH].[HH].[HH]. The first-order valence-corrected chi connectivity index (χ1v) is 21.6. The summed E-state index contributed by atoms with van der Waals surface area (Å²) < 4.78 is 82.0. The summed E-state index contributed by atoms with van der Waals surface area (Å²) in [7, 11) is 0. The van der Waals surface area contributed by atoms with Crippen molar-refractivity contribution in [1.82, 2.24) is 0 Å². The molecule has 326 valence electrons. The third-order valence-corrected chi connectivity index (χ3v) is 13.1. The van der Waals surface area contributed by atoms with Crippen LogP contribution in [0.3, 0.4) is 0 Å². The number of aldehydes is 1. The average Bonchev–Trinajstić information content (AvgIpc) is 3.17. The molecule has 0 amide bonds. The number of aliphatic hydroxyl groups excluding tert-OH is 3. The standard InChI is InChI=1S/C15H16Br2F2O2.C12H12Br2F2O.C6H2Br2F2.C5H8O2.C3H4.3H2/c1-4-6-7(3)15(21)10-12(17)11(16)9(8(20)5-2)13(18)14(10)19;1-3-4-6(2)12(17)9-10(14)7(13)5-8(15)11(9)16;7-3-1-5(9)6(10)2-4(3)8;1-2-3-5(7)4-6;1-3-2;;;/h5,8,15,20-21H,2-4,6H2,1H3;5,12,17H,2-4H2,1H3;1-2H;4H,2-3H2,1H3;1H,2H3;3*1H. The second-order valence-corrected chi connectivity index (χ2v) is 16.5. The first kappa shape index (κ1) is 58.2. The highest BCUT2D eigenvalue weighted by Crippen LogP contribution is 2.42. The van der Waals surface area contributed by atoms with Gasteiger partial charge in [0.25, 0.3) is 0 Å². The highest BCUT2D eigenvalue weighted by molar-refractivity contribution is 9.13. The molecule has 17 heteroatoms. The molecule has 0 aliphatic carbocycles. The lowest BCUT2D eigenvalue weighted by molar-refractivity contribution is -0.129. The van der Waals surface area contributed by atoms with Crippen molar-refractivity contribution in [2.75, 3.05) is 0 Å². The maximum Gasteiger partial charge on any atom is 0.195 e. The normalized spacial score (nSPS) is 11.6. The van der Waals surface area contributed by atoms with Gasteiger partial charge in [-0.05, 0) is 151 Å². The van der Waals surface area contributed by atoms with E-state index < -0.39 is 53.2 Å². The lowest BCUT2D eigenvalue weighted by Crippen LogP contribution is -2.11. The van der Waals surface area contributed by atoms with Gasteiger partial charge in [-0.15, -0.1) is 18.9 Å². The summed E-state index contributed by atoms with van der Waals surface area (Å²) >= 11 is 18.5. The average molecular weight is 1210 g/mol. The van der Waals surface area contributed by atoms with E-state index in [1.807, 2.05) is 20.8 Å². The Morgan fingerprint density at radius 2 is 1.03 bits per heavy atom. The molecule has 0 aliphatic heterocycles. The van der Waals surface area contributed by atoms with E-state index in [9.17, 15) is 51.3 Å². The lowest BCUT2D eigenvalue weighted by atomic mass is 9.96. The molecular formula is C41H48Br6F6O5. The van der Waals surface area contributed by atoms with Crippen molar-refractivity contribution in [3.05, 3.63) is 134 Å². The van der Waals surface area contributed by atoms with Crippen LogP contribution in [0.1, 0.15) is 106 Å².